The lowest BCUT2D eigenvalue weighted by Crippen LogP contribution is -2.27. The van der Waals surface area contributed by atoms with Gasteiger partial charge in [0.05, 0.1) is 32.9 Å². The van der Waals surface area contributed by atoms with Crippen molar-refractivity contribution in [2.75, 3.05) is 21.3 Å². The molecule has 0 spiro atoms. The number of hydrogen-bond acceptors (Lipinski definition) is 4. The summed E-state index contributed by atoms with van der Waals surface area (Å²) in [7, 11) is 4.56. The van der Waals surface area contributed by atoms with Gasteiger partial charge in [0.1, 0.15) is 0 Å². The molecule has 1 unspecified atom stereocenters. The fourth-order valence-electron chi connectivity index (χ4n) is 2.90. The van der Waals surface area contributed by atoms with E-state index in [1.54, 1.807) is 19.2 Å². The van der Waals surface area contributed by atoms with Crippen molar-refractivity contribution >= 4 is 5.91 Å². The highest BCUT2D eigenvalue weighted by Gasteiger charge is 2.22. The molecule has 5 nitrogen and oxygen atoms in total. The first kappa shape index (κ1) is 18.6. The largest absolute Gasteiger partial charge is 0.493 e. The minimum absolute atomic E-state index is 0.135. The lowest BCUT2D eigenvalue weighted by atomic mass is 10.0. The Kier molecular flexibility index (Phi) is 5.91. The monoisotopic (exact) mass is 343 g/mol. The number of nitrogens with one attached hydrogen (secondary N) is 1. The average Bonchev–Trinajstić information content (AvgIpc) is 2.59. The van der Waals surface area contributed by atoms with E-state index in [0.717, 1.165) is 5.56 Å². The Balaban J connectivity index is 2.31. The van der Waals surface area contributed by atoms with E-state index >= 15 is 0 Å². The number of aryl methyl sites for hydroxylation is 2. The van der Waals surface area contributed by atoms with Gasteiger partial charge in [-0.25, -0.2) is 0 Å². The quantitative estimate of drug-likeness (QED) is 0.866. The van der Waals surface area contributed by atoms with Crippen molar-refractivity contribution in [1.82, 2.24) is 5.32 Å². The Morgan fingerprint density at radius 2 is 1.52 bits per heavy atom. The van der Waals surface area contributed by atoms with Crippen molar-refractivity contribution in [1.29, 1.82) is 0 Å². The molecular weight excluding hydrogens is 318 g/mol. The van der Waals surface area contributed by atoms with E-state index in [0.29, 0.717) is 22.8 Å². The Bertz CT molecular complexity index is 750. The van der Waals surface area contributed by atoms with Crippen LogP contribution in [0.5, 0.6) is 17.2 Å². The molecule has 2 rings (SSSR count). The second-order valence-corrected chi connectivity index (χ2v) is 6.00. The van der Waals surface area contributed by atoms with Gasteiger partial charge in [-0.05, 0) is 38.5 Å². The number of rotatable bonds is 6. The minimum Gasteiger partial charge on any atom is -0.493 e. The van der Waals surface area contributed by atoms with Gasteiger partial charge in [-0.1, -0.05) is 29.3 Å². The van der Waals surface area contributed by atoms with E-state index in [2.05, 4.69) is 23.5 Å². The van der Waals surface area contributed by atoms with Gasteiger partial charge in [0.15, 0.2) is 11.5 Å². The topological polar surface area (TPSA) is 56.8 Å². The standard InChI is InChI=1S/C20H25NO4/c1-12-9-13(2)11-15(10-12)14(3)21-20(22)16-7-8-17(23-4)19(25-6)18(16)24-5/h7-11,14H,1-6H3,(H,21,22). The highest BCUT2D eigenvalue weighted by Crippen LogP contribution is 2.39. The van der Waals surface area contributed by atoms with Gasteiger partial charge in [-0.15, -0.1) is 0 Å². The number of carbonyl (C=O) groups excluding carboxylic acids is 1. The molecule has 0 aliphatic rings. The summed E-state index contributed by atoms with van der Waals surface area (Å²) in [6.07, 6.45) is 0. The molecular formula is C20H25NO4. The molecule has 0 saturated carbocycles. The summed E-state index contributed by atoms with van der Waals surface area (Å²) in [5, 5.41) is 3.02. The van der Waals surface area contributed by atoms with Gasteiger partial charge in [0.2, 0.25) is 5.75 Å². The molecule has 25 heavy (non-hydrogen) atoms. The van der Waals surface area contributed by atoms with Crippen LogP contribution in [0.2, 0.25) is 0 Å². The maximum absolute atomic E-state index is 12.8. The van der Waals surface area contributed by atoms with Crippen LogP contribution in [-0.2, 0) is 0 Å². The smallest absolute Gasteiger partial charge is 0.255 e. The normalized spacial score (nSPS) is 11.6. The number of ether oxygens (including phenoxy) is 3. The van der Waals surface area contributed by atoms with Crippen molar-refractivity contribution in [2.45, 2.75) is 26.8 Å². The summed E-state index contributed by atoms with van der Waals surface area (Å²) >= 11 is 0. The van der Waals surface area contributed by atoms with Crippen molar-refractivity contribution in [3.63, 3.8) is 0 Å². The Morgan fingerprint density at radius 1 is 0.920 bits per heavy atom. The molecule has 0 heterocycles. The van der Waals surface area contributed by atoms with E-state index in [9.17, 15) is 4.79 Å². The van der Waals surface area contributed by atoms with Crippen LogP contribution in [0.25, 0.3) is 0 Å². The fraction of sp³-hybridized carbons (Fsp3) is 0.350. The highest BCUT2D eigenvalue weighted by atomic mass is 16.5. The zero-order valence-corrected chi connectivity index (χ0v) is 15.6. The molecule has 1 N–H and O–H groups in total. The molecule has 0 saturated heterocycles. The van der Waals surface area contributed by atoms with E-state index in [4.69, 9.17) is 14.2 Å². The van der Waals surface area contributed by atoms with Crippen molar-refractivity contribution < 1.29 is 19.0 Å². The molecule has 0 aliphatic heterocycles. The van der Waals surface area contributed by atoms with Crippen LogP contribution >= 0.6 is 0 Å². The Labute approximate surface area is 148 Å². The summed E-state index contributed by atoms with van der Waals surface area (Å²) in [5.41, 5.74) is 3.79. The van der Waals surface area contributed by atoms with Gasteiger partial charge in [-0.3, -0.25) is 4.79 Å². The van der Waals surface area contributed by atoms with Crippen molar-refractivity contribution in [3.8, 4) is 17.2 Å². The van der Waals surface area contributed by atoms with E-state index in [-0.39, 0.29) is 11.9 Å². The maximum Gasteiger partial charge on any atom is 0.255 e. The highest BCUT2D eigenvalue weighted by molar-refractivity contribution is 5.98. The molecule has 5 heteroatoms. The SMILES string of the molecule is COc1ccc(C(=O)NC(C)c2cc(C)cc(C)c2)c(OC)c1OC. The van der Waals surface area contributed by atoms with Crippen LogP contribution in [0.4, 0.5) is 0 Å². The van der Waals surface area contributed by atoms with E-state index < -0.39 is 0 Å². The number of methoxy groups -OCH3 is 3. The first-order valence-electron chi connectivity index (χ1n) is 8.09. The van der Waals surface area contributed by atoms with E-state index in [1.165, 1.54) is 25.3 Å². The molecule has 0 fully saturated rings. The number of carbonyl (C=O) groups is 1. The molecule has 1 atom stereocenters. The summed E-state index contributed by atoms with van der Waals surface area (Å²) in [5.74, 6) is 1.03. The third kappa shape index (κ3) is 4.05. The van der Waals surface area contributed by atoms with Gasteiger partial charge in [-0.2, -0.15) is 0 Å². The van der Waals surface area contributed by atoms with Crippen LogP contribution in [-0.4, -0.2) is 27.2 Å². The van der Waals surface area contributed by atoms with Crippen LogP contribution in [0.15, 0.2) is 30.3 Å². The summed E-state index contributed by atoms with van der Waals surface area (Å²) in [6, 6.07) is 9.48. The van der Waals surface area contributed by atoms with Crippen LogP contribution in [0.1, 0.15) is 40.0 Å². The zero-order valence-electron chi connectivity index (χ0n) is 15.6. The van der Waals surface area contributed by atoms with Gasteiger partial charge >= 0.3 is 0 Å². The molecule has 0 radical (unpaired) electrons. The summed E-state index contributed by atoms with van der Waals surface area (Å²) < 4.78 is 16.0. The van der Waals surface area contributed by atoms with Crippen LogP contribution < -0.4 is 19.5 Å². The van der Waals surface area contributed by atoms with E-state index in [1.807, 2.05) is 20.8 Å². The lowest BCUT2D eigenvalue weighted by molar-refractivity contribution is 0.0936. The molecule has 0 bridgehead atoms. The molecule has 1 amide bonds. The van der Waals surface area contributed by atoms with Crippen LogP contribution in [0.3, 0.4) is 0 Å². The second kappa shape index (κ2) is 7.92. The number of hydrogen-bond donors (Lipinski definition) is 1. The first-order chi connectivity index (χ1) is 11.9. The third-order valence-corrected chi connectivity index (χ3v) is 4.04. The van der Waals surface area contributed by atoms with Crippen LogP contribution in [0, 0.1) is 13.8 Å². The second-order valence-electron chi connectivity index (χ2n) is 6.00. The predicted molar refractivity (Wildman–Crippen MR) is 97.9 cm³/mol. The third-order valence-electron chi connectivity index (χ3n) is 4.04. The molecule has 0 aromatic heterocycles. The van der Waals surface area contributed by atoms with Crippen molar-refractivity contribution in [2.24, 2.45) is 0 Å². The Morgan fingerprint density at radius 3 is 2.04 bits per heavy atom. The first-order valence-corrected chi connectivity index (χ1v) is 8.09. The van der Waals surface area contributed by atoms with Crippen molar-refractivity contribution in [3.05, 3.63) is 52.6 Å². The predicted octanol–water partition coefficient (Wildman–Crippen LogP) is 3.82. The maximum atomic E-state index is 12.8. The average molecular weight is 343 g/mol. The zero-order chi connectivity index (χ0) is 18.6. The minimum atomic E-state index is -0.232. The number of amides is 1. The fourth-order valence-corrected chi connectivity index (χ4v) is 2.90. The summed E-state index contributed by atoms with van der Waals surface area (Å²) in [4.78, 5) is 12.8. The molecule has 2 aromatic carbocycles. The Hall–Kier alpha value is -2.69. The molecule has 134 valence electrons. The number of benzene rings is 2. The molecule has 0 aliphatic carbocycles. The van der Waals surface area contributed by atoms with Gasteiger partial charge < -0.3 is 19.5 Å². The van der Waals surface area contributed by atoms with Gasteiger partial charge in [0.25, 0.3) is 5.91 Å². The van der Waals surface area contributed by atoms with Gasteiger partial charge in [0, 0.05) is 0 Å². The summed E-state index contributed by atoms with van der Waals surface area (Å²) in [6.45, 7) is 6.05. The lowest BCUT2D eigenvalue weighted by Gasteiger charge is -2.19. The molecule has 2 aromatic rings.